The van der Waals surface area contributed by atoms with Crippen molar-refractivity contribution in [2.24, 2.45) is 0 Å². The number of rotatable bonds is 3. The van der Waals surface area contributed by atoms with Gasteiger partial charge in [0.25, 0.3) is 0 Å². The molecule has 106 valence electrons. The molecule has 1 aromatic carbocycles. The van der Waals surface area contributed by atoms with E-state index < -0.39 is 0 Å². The second-order valence-corrected chi connectivity index (χ2v) is 5.29. The van der Waals surface area contributed by atoms with Gasteiger partial charge in [0.2, 0.25) is 5.88 Å². The summed E-state index contributed by atoms with van der Waals surface area (Å²) in [5.74, 6) is 1.26. The predicted molar refractivity (Wildman–Crippen MR) is 85.2 cm³/mol. The Morgan fingerprint density at radius 1 is 1.00 bits per heavy atom. The Hall–Kier alpha value is -2.13. The van der Waals surface area contributed by atoms with Crippen molar-refractivity contribution in [2.75, 3.05) is 0 Å². The monoisotopic (exact) mass is 298 g/mol. The number of nitrogens with zero attached hydrogens (tertiary/aromatic N) is 2. The molecule has 0 aliphatic heterocycles. The minimum Gasteiger partial charge on any atom is -0.439 e. The third kappa shape index (κ3) is 2.98. The van der Waals surface area contributed by atoms with Crippen molar-refractivity contribution in [3.63, 3.8) is 0 Å². The Balaban J connectivity index is 1.95. The summed E-state index contributed by atoms with van der Waals surface area (Å²) in [6.45, 7) is 4.16. The highest BCUT2D eigenvalue weighted by atomic mass is 35.5. The lowest BCUT2D eigenvalue weighted by Crippen LogP contribution is -1.95. The Morgan fingerprint density at radius 2 is 1.76 bits per heavy atom. The third-order valence-electron chi connectivity index (χ3n) is 3.31. The van der Waals surface area contributed by atoms with Crippen LogP contribution in [-0.4, -0.2) is 9.97 Å². The van der Waals surface area contributed by atoms with Gasteiger partial charge in [0.05, 0.1) is 11.0 Å². The van der Waals surface area contributed by atoms with Crippen LogP contribution in [0.4, 0.5) is 0 Å². The summed E-state index contributed by atoms with van der Waals surface area (Å²) in [6, 6.07) is 13.0. The summed E-state index contributed by atoms with van der Waals surface area (Å²) in [5, 5.41) is 0.681. The summed E-state index contributed by atoms with van der Waals surface area (Å²) in [7, 11) is 0. The molecule has 0 aliphatic rings. The van der Waals surface area contributed by atoms with E-state index in [1.165, 1.54) is 0 Å². The van der Waals surface area contributed by atoms with Gasteiger partial charge in [-0.15, -0.1) is 0 Å². The second kappa shape index (κ2) is 5.70. The van der Waals surface area contributed by atoms with Crippen molar-refractivity contribution in [1.82, 2.24) is 9.97 Å². The molecule has 2 aromatic heterocycles. The first-order valence-corrected chi connectivity index (χ1v) is 7.24. The summed E-state index contributed by atoms with van der Waals surface area (Å²) in [6.07, 6.45) is 0.921. The molecule has 0 unspecified atom stereocenters. The highest BCUT2D eigenvalue weighted by molar-refractivity contribution is 6.30. The average molecular weight is 299 g/mol. The number of fused-ring (bicyclic) bond motifs is 1. The van der Waals surface area contributed by atoms with E-state index in [1.807, 2.05) is 24.3 Å². The van der Waals surface area contributed by atoms with Crippen molar-refractivity contribution in [3.8, 4) is 11.6 Å². The molecule has 0 radical (unpaired) electrons. The van der Waals surface area contributed by atoms with Crippen LogP contribution in [0.2, 0.25) is 5.02 Å². The molecule has 21 heavy (non-hydrogen) atoms. The number of aryl methyl sites for hydroxylation is 2. The van der Waals surface area contributed by atoms with E-state index in [-0.39, 0.29) is 0 Å². The molecule has 0 bridgehead atoms. The normalized spacial score (nSPS) is 10.8. The van der Waals surface area contributed by atoms with Crippen LogP contribution in [0.3, 0.4) is 0 Å². The molecule has 3 nitrogen and oxygen atoms in total. The van der Waals surface area contributed by atoms with Crippen molar-refractivity contribution in [2.45, 2.75) is 20.3 Å². The van der Waals surface area contributed by atoms with Crippen LogP contribution in [0.25, 0.3) is 11.0 Å². The van der Waals surface area contributed by atoms with E-state index >= 15 is 0 Å². The highest BCUT2D eigenvalue weighted by Crippen LogP contribution is 2.24. The molecule has 3 rings (SSSR count). The molecule has 0 saturated heterocycles. The topological polar surface area (TPSA) is 35.0 Å². The van der Waals surface area contributed by atoms with Crippen molar-refractivity contribution in [3.05, 3.63) is 58.7 Å². The largest absolute Gasteiger partial charge is 0.439 e. The van der Waals surface area contributed by atoms with Crippen LogP contribution in [-0.2, 0) is 6.42 Å². The Kier molecular flexibility index (Phi) is 3.76. The molecule has 4 heteroatoms. The van der Waals surface area contributed by atoms with Gasteiger partial charge in [0.1, 0.15) is 5.75 Å². The molecule has 0 N–H and O–H groups in total. The number of hydrogen-bond donors (Lipinski definition) is 0. The van der Waals surface area contributed by atoms with Crippen LogP contribution < -0.4 is 4.74 Å². The lowest BCUT2D eigenvalue weighted by molar-refractivity contribution is 0.465. The first kappa shape index (κ1) is 13.8. The van der Waals surface area contributed by atoms with Gasteiger partial charge < -0.3 is 4.74 Å². The van der Waals surface area contributed by atoms with Crippen LogP contribution >= 0.6 is 11.6 Å². The molecular weight excluding hydrogens is 284 g/mol. The molecule has 2 heterocycles. The number of halogens is 1. The van der Waals surface area contributed by atoms with E-state index in [4.69, 9.17) is 16.3 Å². The van der Waals surface area contributed by atoms with Crippen molar-refractivity contribution in [1.29, 1.82) is 0 Å². The zero-order valence-corrected chi connectivity index (χ0v) is 12.7. The van der Waals surface area contributed by atoms with Gasteiger partial charge >= 0.3 is 0 Å². The van der Waals surface area contributed by atoms with E-state index in [9.17, 15) is 0 Å². The lowest BCUT2D eigenvalue weighted by atomic mass is 10.1. The number of ether oxygens (including phenoxy) is 1. The zero-order chi connectivity index (χ0) is 14.8. The summed E-state index contributed by atoms with van der Waals surface area (Å²) in [5.41, 5.74) is 3.99. The number of aromatic nitrogens is 2. The van der Waals surface area contributed by atoms with Gasteiger partial charge in [-0.25, -0.2) is 4.98 Å². The summed E-state index contributed by atoms with van der Waals surface area (Å²) < 4.78 is 5.74. The predicted octanol–water partition coefficient (Wildman–Crippen LogP) is 4.95. The number of hydrogen-bond acceptors (Lipinski definition) is 3. The minimum atomic E-state index is 0.551. The van der Waals surface area contributed by atoms with Gasteiger partial charge in [0.15, 0.2) is 0 Å². The molecule has 0 aliphatic carbocycles. The van der Waals surface area contributed by atoms with Gasteiger partial charge in [0, 0.05) is 16.8 Å². The fourth-order valence-corrected chi connectivity index (χ4v) is 2.34. The first-order chi connectivity index (χ1) is 10.2. The third-order valence-corrected chi connectivity index (χ3v) is 3.56. The van der Waals surface area contributed by atoms with E-state index in [1.54, 1.807) is 12.1 Å². The van der Waals surface area contributed by atoms with Crippen molar-refractivity contribution < 1.29 is 4.74 Å². The molecule has 0 amide bonds. The van der Waals surface area contributed by atoms with Crippen LogP contribution in [0.5, 0.6) is 11.6 Å². The Labute approximate surface area is 128 Å². The van der Waals surface area contributed by atoms with Gasteiger partial charge in [-0.1, -0.05) is 18.5 Å². The summed E-state index contributed by atoms with van der Waals surface area (Å²) >= 11 is 5.86. The first-order valence-electron chi connectivity index (χ1n) is 6.86. The second-order valence-electron chi connectivity index (χ2n) is 4.85. The smallest absolute Gasteiger partial charge is 0.219 e. The molecule has 0 saturated carbocycles. The molecule has 3 aromatic rings. The lowest BCUT2D eigenvalue weighted by Gasteiger charge is -2.08. The fourth-order valence-electron chi connectivity index (χ4n) is 2.21. The Bertz CT molecular complexity index is 785. The quantitative estimate of drug-likeness (QED) is 0.686. The molecule has 0 spiro atoms. The number of benzene rings is 1. The van der Waals surface area contributed by atoms with Crippen LogP contribution in [0.1, 0.15) is 18.2 Å². The molecule has 0 fully saturated rings. The van der Waals surface area contributed by atoms with E-state index in [0.29, 0.717) is 16.7 Å². The average Bonchev–Trinajstić information content (AvgIpc) is 2.49. The van der Waals surface area contributed by atoms with Crippen LogP contribution in [0, 0.1) is 6.92 Å². The SMILES string of the molecule is CCc1nc2ccc(Oc3ccc(Cl)cc3)nc2cc1C. The molecule has 0 atom stereocenters. The van der Waals surface area contributed by atoms with Crippen LogP contribution in [0.15, 0.2) is 42.5 Å². The van der Waals surface area contributed by atoms with Gasteiger partial charge in [-0.05, 0) is 55.3 Å². The highest BCUT2D eigenvalue weighted by Gasteiger charge is 2.05. The zero-order valence-electron chi connectivity index (χ0n) is 11.9. The minimum absolute atomic E-state index is 0.551. The summed E-state index contributed by atoms with van der Waals surface area (Å²) in [4.78, 5) is 9.13. The van der Waals surface area contributed by atoms with Gasteiger partial charge in [-0.2, -0.15) is 0 Å². The fraction of sp³-hybridized carbons (Fsp3) is 0.176. The Morgan fingerprint density at radius 3 is 2.48 bits per heavy atom. The van der Waals surface area contributed by atoms with E-state index in [0.717, 1.165) is 28.7 Å². The van der Waals surface area contributed by atoms with E-state index in [2.05, 4.69) is 29.9 Å². The molecular formula is C17H15ClN2O. The maximum absolute atomic E-state index is 5.86. The van der Waals surface area contributed by atoms with Crippen molar-refractivity contribution >= 4 is 22.6 Å². The maximum atomic E-state index is 5.86. The maximum Gasteiger partial charge on any atom is 0.219 e. The standard InChI is InChI=1S/C17H15ClN2O/c1-3-14-11(2)10-16-15(19-14)8-9-17(20-16)21-13-6-4-12(18)5-7-13/h4-10H,3H2,1-2H3. The number of pyridine rings is 2. The van der Waals surface area contributed by atoms with Gasteiger partial charge in [-0.3, -0.25) is 4.98 Å².